The first-order chi connectivity index (χ1) is 9.56. The van der Waals surface area contributed by atoms with Crippen LogP contribution >= 0.6 is 15.9 Å². The van der Waals surface area contributed by atoms with Crippen molar-refractivity contribution >= 4 is 15.9 Å². The molecule has 0 amide bonds. The zero-order chi connectivity index (χ0) is 15.0. The van der Waals surface area contributed by atoms with E-state index in [1.54, 1.807) is 0 Å². The van der Waals surface area contributed by atoms with E-state index in [2.05, 4.69) is 66.0 Å². The molecule has 1 N–H and O–H groups in total. The third-order valence-corrected chi connectivity index (χ3v) is 4.06. The Labute approximate surface area is 131 Å². The molecule has 0 aliphatic rings. The molecule has 3 nitrogen and oxygen atoms in total. The fourth-order valence-electron chi connectivity index (χ4n) is 1.92. The Balaban J connectivity index is 2.52. The lowest BCUT2D eigenvalue weighted by Crippen LogP contribution is -2.28. The summed E-state index contributed by atoms with van der Waals surface area (Å²) in [5.74, 6) is 0.945. The van der Waals surface area contributed by atoms with Crippen LogP contribution in [0.2, 0.25) is 0 Å². The quantitative estimate of drug-likeness (QED) is 0.740. The van der Waals surface area contributed by atoms with Gasteiger partial charge in [-0.05, 0) is 36.9 Å². The van der Waals surface area contributed by atoms with E-state index in [-0.39, 0.29) is 0 Å². The Morgan fingerprint density at radius 3 is 2.55 bits per heavy atom. The normalized spacial score (nSPS) is 11.3. The Kier molecular flexibility index (Phi) is 8.19. The number of hydrogen-bond acceptors (Lipinski definition) is 3. The fraction of sp³-hybridized carbons (Fsp3) is 0.625. The van der Waals surface area contributed by atoms with E-state index in [1.807, 2.05) is 6.07 Å². The maximum Gasteiger partial charge on any atom is 0.119 e. The molecule has 0 aliphatic carbocycles. The average molecular weight is 343 g/mol. The molecule has 0 fully saturated rings. The second-order valence-electron chi connectivity index (χ2n) is 5.16. The standard InChI is InChI=1S/C16H27BrN2O/c1-5-19(6-2)9-10-20-15-7-8-16(17)14(11-15)12-18-13(3)4/h7-8,11,13,18H,5-6,9-10,12H2,1-4H3. The molecule has 1 aromatic carbocycles. The van der Waals surface area contributed by atoms with Crippen LogP contribution in [0.4, 0.5) is 0 Å². The van der Waals surface area contributed by atoms with Crippen molar-refractivity contribution in [1.29, 1.82) is 0 Å². The molecule has 1 aromatic rings. The summed E-state index contributed by atoms with van der Waals surface area (Å²) in [7, 11) is 0. The molecule has 0 spiro atoms. The van der Waals surface area contributed by atoms with Crippen molar-refractivity contribution in [3.8, 4) is 5.75 Å². The molecule has 0 heterocycles. The van der Waals surface area contributed by atoms with Gasteiger partial charge in [-0.1, -0.05) is 43.6 Å². The molecule has 4 heteroatoms. The van der Waals surface area contributed by atoms with Crippen LogP contribution in [0, 0.1) is 0 Å². The topological polar surface area (TPSA) is 24.5 Å². The summed E-state index contributed by atoms with van der Waals surface area (Å²) >= 11 is 3.59. The zero-order valence-corrected chi connectivity index (χ0v) is 14.7. The van der Waals surface area contributed by atoms with Gasteiger partial charge in [0, 0.05) is 23.6 Å². The second kappa shape index (κ2) is 9.37. The molecule has 20 heavy (non-hydrogen) atoms. The highest BCUT2D eigenvalue weighted by Crippen LogP contribution is 2.22. The molecule has 114 valence electrons. The van der Waals surface area contributed by atoms with E-state index in [4.69, 9.17) is 4.74 Å². The van der Waals surface area contributed by atoms with Crippen molar-refractivity contribution in [1.82, 2.24) is 10.2 Å². The van der Waals surface area contributed by atoms with Crippen molar-refractivity contribution in [3.63, 3.8) is 0 Å². The fourth-order valence-corrected chi connectivity index (χ4v) is 2.31. The third-order valence-electron chi connectivity index (χ3n) is 3.29. The highest BCUT2D eigenvalue weighted by Gasteiger charge is 2.04. The molecule has 0 aromatic heterocycles. The lowest BCUT2D eigenvalue weighted by atomic mass is 10.2. The Bertz CT molecular complexity index is 392. The minimum atomic E-state index is 0.481. The smallest absolute Gasteiger partial charge is 0.119 e. The molecule has 0 unspecified atom stereocenters. The lowest BCUT2D eigenvalue weighted by molar-refractivity contribution is 0.222. The van der Waals surface area contributed by atoms with Crippen LogP contribution in [-0.2, 0) is 6.54 Å². The summed E-state index contributed by atoms with van der Waals surface area (Å²) in [5, 5.41) is 3.43. The van der Waals surface area contributed by atoms with E-state index < -0.39 is 0 Å². The van der Waals surface area contributed by atoms with Gasteiger partial charge in [-0.2, -0.15) is 0 Å². The lowest BCUT2D eigenvalue weighted by Gasteiger charge is -2.18. The molecule has 0 saturated heterocycles. The Hall–Kier alpha value is -0.580. The van der Waals surface area contributed by atoms with E-state index >= 15 is 0 Å². The van der Waals surface area contributed by atoms with E-state index in [1.165, 1.54) is 5.56 Å². The van der Waals surface area contributed by atoms with Crippen LogP contribution in [0.15, 0.2) is 22.7 Å². The summed E-state index contributed by atoms with van der Waals surface area (Å²) in [4.78, 5) is 2.36. The summed E-state index contributed by atoms with van der Waals surface area (Å²) in [6, 6.07) is 6.67. The minimum absolute atomic E-state index is 0.481. The summed E-state index contributed by atoms with van der Waals surface area (Å²) in [6.07, 6.45) is 0. The molecule has 0 radical (unpaired) electrons. The first-order valence-corrected chi connectivity index (χ1v) is 8.23. The number of nitrogens with zero attached hydrogens (tertiary/aromatic N) is 1. The first-order valence-electron chi connectivity index (χ1n) is 7.43. The highest BCUT2D eigenvalue weighted by molar-refractivity contribution is 9.10. The van der Waals surface area contributed by atoms with Crippen LogP contribution in [0.1, 0.15) is 33.3 Å². The number of halogens is 1. The molecular formula is C16H27BrN2O. The number of rotatable bonds is 9. The van der Waals surface area contributed by atoms with Crippen LogP contribution in [0.25, 0.3) is 0 Å². The van der Waals surface area contributed by atoms with E-state index in [9.17, 15) is 0 Å². The minimum Gasteiger partial charge on any atom is -0.492 e. The molecule has 0 atom stereocenters. The number of benzene rings is 1. The van der Waals surface area contributed by atoms with Gasteiger partial charge in [0.15, 0.2) is 0 Å². The average Bonchev–Trinajstić information content (AvgIpc) is 2.43. The van der Waals surface area contributed by atoms with Gasteiger partial charge in [0.25, 0.3) is 0 Å². The number of likely N-dealkylation sites (N-methyl/N-ethyl adjacent to an activating group) is 1. The molecule has 0 saturated carbocycles. The van der Waals surface area contributed by atoms with Gasteiger partial charge < -0.3 is 15.0 Å². The van der Waals surface area contributed by atoms with Crippen molar-refractivity contribution < 1.29 is 4.74 Å². The highest BCUT2D eigenvalue weighted by atomic mass is 79.9. The van der Waals surface area contributed by atoms with Crippen LogP contribution in [0.5, 0.6) is 5.75 Å². The zero-order valence-electron chi connectivity index (χ0n) is 13.1. The monoisotopic (exact) mass is 342 g/mol. The van der Waals surface area contributed by atoms with Gasteiger partial charge >= 0.3 is 0 Å². The van der Waals surface area contributed by atoms with Crippen LogP contribution < -0.4 is 10.1 Å². The number of nitrogens with one attached hydrogen (secondary N) is 1. The van der Waals surface area contributed by atoms with Gasteiger partial charge in [0.05, 0.1) is 0 Å². The number of hydrogen-bond donors (Lipinski definition) is 1. The van der Waals surface area contributed by atoms with Crippen molar-refractivity contribution in [3.05, 3.63) is 28.2 Å². The molecule has 1 rings (SSSR count). The first kappa shape index (κ1) is 17.5. The maximum absolute atomic E-state index is 5.85. The predicted octanol–water partition coefficient (Wildman–Crippen LogP) is 3.67. The van der Waals surface area contributed by atoms with Gasteiger partial charge in [-0.3, -0.25) is 0 Å². The molecule has 0 aliphatic heterocycles. The molecular weight excluding hydrogens is 316 g/mol. The van der Waals surface area contributed by atoms with Crippen LogP contribution in [0.3, 0.4) is 0 Å². The number of ether oxygens (including phenoxy) is 1. The Morgan fingerprint density at radius 2 is 1.95 bits per heavy atom. The van der Waals surface area contributed by atoms with Crippen LogP contribution in [-0.4, -0.2) is 37.2 Å². The second-order valence-corrected chi connectivity index (χ2v) is 6.02. The summed E-state index contributed by atoms with van der Waals surface area (Å²) < 4.78 is 6.98. The van der Waals surface area contributed by atoms with Crippen molar-refractivity contribution in [2.45, 2.75) is 40.3 Å². The van der Waals surface area contributed by atoms with Crippen molar-refractivity contribution in [2.24, 2.45) is 0 Å². The molecule has 0 bridgehead atoms. The van der Waals surface area contributed by atoms with E-state index in [0.29, 0.717) is 6.04 Å². The summed E-state index contributed by atoms with van der Waals surface area (Å²) in [6.45, 7) is 13.4. The summed E-state index contributed by atoms with van der Waals surface area (Å²) in [5.41, 5.74) is 1.24. The maximum atomic E-state index is 5.85. The van der Waals surface area contributed by atoms with Gasteiger partial charge in [-0.25, -0.2) is 0 Å². The van der Waals surface area contributed by atoms with Gasteiger partial charge in [0.2, 0.25) is 0 Å². The van der Waals surface area contributed by atoms with E-state index in [0.717, 1.165) is 43.0 Å². The third kappa shape index (κ3) is 6.25. The SMILES string of the molecule is CCN(CC)CCOc1ccc(Br)c(CNC(C)C)c1. The van der Waals surface area contributed by atoms with Gasteiger partial charge in [0.1, 0.15) is 12.4 Å². The predicted molar refractivity (Wildman–Crippen MR) is 89.4 cm³/mol. The van der Waals surface area contributed by atoms with Gasteiger partial charge in [-0.15, -0.1) is 0 Å². The largest absolute Gasteiger partial charge is 0.492 e. The Morgan fingerprint density at radius 1 is 1.25 bits per heavy atom. The van der Waals surface area contributed by atoms with Crippen molar-refractivity contribution in [2.75, 3.05) is 26.2 Å².